The maximum absolute atomic E-state index is 6.38. The summed E-state index contributed by atoms with van der Waals surface area (Å²) in [5.41, 5.74) is 1.92. The fourth-order valence-corrected chi connectivity index (χ4v) is 5.23. The Hall–Kier alpha value is -0.863. The molecule has 2 heterocycles. The molecule has 7 heteroatoms. The van der Waals surface area contributed by atoms with E-state index in [1.54, 1.807) is 29.8 Å². The summed E-state index contributed by atoms with van der Waals surface area (Å²) in [6.07, 6.45) is 4.14. The van der Waals surface area contributed by atoms with Crippen LogP contribution in [0.2, 0.25) is 18.1 Å². The SMILES string of the molecule is CO[C@@H](/C=C/c1csc(-c2csc(C(C)C)n2)n1)[C@@H](C)CO[Si](C)(C)C(C)(C)C. The topological polar surface area (TPSA) is 44.2 Å². The smallest absolute Gasteiger partial charge is 0.191 e. The quantitative estimate of drug-likeness (QED) is 0.381. The van der Waals surface area contributed by atoms with Gasteiger partial charge in [0, 0.05) is 36.3 Å². The largest absolute Gasteiger partial charge is 0.416 e. The van der Waals surface area contributed by atoms with Gasteiger partial charge in [-0.2, -0.15) is 0 Å². The summed E-state index contributed by atoms with van der Waals surface area (Å²) >= 11 is 3.34. The summed E-state index contributed by atoms with van der Waals surface area (Å²) in [6.45, 7) is 18.6. The summed E-state index contributed by atoms with van der Waals surface area (Å²) < 4.78 is 12.1. The van der Waals surface area contributed by atoms with E-state index in [4.69, 9.17) is 19.1 Å². The average molecular weight is 453 g/mol. The van der Waals surface area contributed by atoms with Crippen molar-refractivity contribution in [2.45, 2.75) is 71.7 Å². The Labute approximate surface area is 185 Å². The van der Waals surface area contributed by atoms with Gasteiger partial charge in [0.15, 0.2) is 8.32 Å². The number of hydrogen-bond donors (Lipinski definition) is 0. The molecule has 0 N–H and O–H groups in total. The van der Waals surface area contributed by atoms with E-state index < -0.39 is 8.32 Å². The molecule has 0 saturated carbocycles. The number of rotatable bonds is 9. The Morgan fingerprint density at radius 2 is 1.79 bits per heavy atom. The third-order valence-corrected chi connectivity index (χ3v) is 12.1. The van der Waals surface area contributed by atoms with Crippen molar-refractivity contribution in [3.8, 4) is 10.7 Å². The number of nitrogens with zero attached hydrogens (tertiary/aromatic N) is 2. The highest BCUT2D eigenvalue weighted by atomic mass is 32.1. The van der Waals surface area contributed by atoms with Gasteiger partial charge in [-0.3, -0.25) is 0 Å². The lowest BCUT2D eigenvalue weighted by atomic mass is 10.1. The van der Waals surface area contributed by atoms with Gasteiger partial charge in [0.2, 0.25) is 0 Å². The van der Waals surface area contributed by atoms with Crippen molar-refractivity contribution in [3.05, 3.63) is 27.5 Å². The molecule has 2 atom stereocenters. The van der Waals surface area contributed by atoms with Crippen LogP contribution in [-0.4, -0.2) is 38.1 Å². The van der Waals surface area contributed by atoms with Crippen LogP contribution in [0, 0.1) is 5.92 Å². The van der Waals surface area contributed by atoms with Gasteiger partial charge < -0.3 is 9.16 Å². The summed E-state index contributed by atoms with van der Waals surface area (Å²) in [5.74, 6) is 0.723. The van der Waals surface area contributed by atoms with E-state index in [9.17, 15) is 0 Å². The van der Waals surface area contributed by atoms with Gasteiger partial charge in [-0.15, -0.1) is 22.7 Å². The lowest BCUT2D eigenvalue weighted by Crippen LogP contribution is -2.42. The van der Waals surface area contributed by atoms with Crippen LogP contribution in [0.5, 0.6) is 0 Å². The number of thiazole rings is 2. The average Bonchev–Trinajstić information content (AvgIpc) is 3.28. The maximum atomic E-state index is 6.38. The van der Waals surface area contributed by atoms with E-state index in [0.717, 1.165) is 21.4 Å². The van der Waals surface area contributed by atoms with Gasteiger partial charge in [-0.05, 0) is 24.2 Å². The molecule has 0 aliphatic heterocycles. The van der Waals surface area contributed by atoms with Crippen LogP contribution in [0.1, 0.15) is 58.2 Å². The Bertz CT molecular complexity index is 806. The first-order chi connectivity index (χ1) is 13.4. The van der Waals surface area contributed by atoms with Crippen molar-refractivity contribution in [2.24, 2.45) is 5.92 Å². The van der Waals surface area contributed by atoms with Gasteiger partial charge in [-0.25, -0.2) is 9.97 Å². The lowest BCUT2D eigenvalue weighted by molar-refractivity contribution is 0.0696. The number of aromatic nitrogens is 2. The molecule has 0 saturated heterocycles. The van der Waals surface area contributed by atoms with E-state index in [1.807, 2.05) is 6.08 Å². The van der Waals surface area contributed by atoms with E-state index >= 15 is 0 Å². The fourth-order valence-electron chi connectivity index (χ4n) is 2.48. The van der Waals surface area contributed by atoms with Crippen molar-refractivity contribution >= 4 is 37.1 Å². The minimum absolute atomic E-state index is 0.00302. The zero-order valence-corrected chi connectivity index (χ0v) is 21.9. The van der Waals surface area contributed by atoms with Gasteiger partial charge >= 0.3 is 0 Å². The van der Waals surface area contributed by atoms with Crippen molar-refractivity contribution in [1.82, 2.24) is 9.97 Å². The predicted octanol–water partition coefficient (Wildman–Crippen LogP) is 7.08. The van der Waals surface area contributed by atoms with Crippen LogP contribution >= 0.6 is 22.7 Å². The lowest BCUT2D eigenvalue weighted by Gasteiger charge is -2.37. The highest BCUT2D eigenvalue weighted by Gasteiger charge is 2.37. The third kappa shape index (κ3) is 6.56. The first kappa shape index (κ1) is 24.4. The second-order valence-corrected chi connectivity index (χ2v) is 16.0. The van der Waals surface area contributed by atoms with Crippen LogP contribution < -0.4 is 0 Å². The van der Waals surface area contributed by atoms with Gasteiger partial charge in [0.25, 0.3) is 0 Å². The Kier molecular flexibility index (Phi) is 8.38. The molecule has 0 unspecified atom stereocenters. The second-order valence-electron chi connectivity index (χ2n) is 9.41. The summed E-state index contributed by atoms with van der Waals surface area (Å²) in [4.78, 5) is 9.44. The van der Waals surface area contributed by atoms with Crippen LogP contribution in [-0.2, 0) is 9.16 Å². The van der Waals surface area contributed by atoms with Crippen molar-refractivity contribution in [1.29, 1.82) is 0 Å². The van der Waals surface area contributed by atoms with E-state index in [-0.39, 0.29) is 17.1 Å². The Morgan fingerprint density at radius 3 is 2.34 bits per heavy atom. The molecule has 0 aliphatic rings. The van der Waals surface area contributed by atoms with Gasteiger partial charge in [-0.1, -0.05) is 47.6 Å². The molecular formula is C22H36N2O2S2Si. The molecule has 0 amide bonds. The van der Waals surface area contributed by atoms with E-state index in [1.165, 1.54) is 0 Å². The predicted molar refractivity (Wildman–Crippen MR) is 129 cm³/mol. The van der Waals surface area contributed by atoms with Crippen LogP contribution in [0.3, 0.4) is 0 Å². The van der Waals surface area contributed by atoms with Crippen LogP contribution in [0.25, 0.3) is 16.8 Å². The molecule has 0 aliphatic carbocycles. The van der Waals surface area contributed by atoms with Gasteiger partial charge in [0.05, 0.1) is 16.8 Å². The standard InChI is InChI=1S/C22H36N2O2S2Si/c1-15(2)20-24-18(14-28-20)21-23-17(13-27-21)10-11-19(25-7)16(3)12-26-29(8,9)22(4,5)6/h10-11,13-16,19H,12H2,1-9H3/b11-10+/t16-,19-/m0/s1. The molecule has 162 valence electrons. The minimum atomic E-state index is -1.75. The molecule has 2 rings (SSSR count). The molecule has 4 nitrogen and oxygen atoms in total. The fraction of sp³-hybridized carbons (Fsp3) is 0.636. The zero-order chi connectivity index (χ0) is 21.8. The second kappa shape index (κ2) is 9.96. The van der Waals surface area contributed by atoms with Gasteiger partial charge in [0.1, 0.15) is 10.7 Å². The van der Waals surface area contributed by atoms with Crippen molar-refractivity contribution in [2.75, 3.05) is 13.7 Å². The number of hydrogen-bond acceptors (Lipinski definition) is 6. The molecule has 0 aromatic carbocycles. The normalized spacial score (nSPS) is 15.4. The highest BCUT2D eigenvalue weighted by molar-refractivity contribution is 7.14. The molecule has 29 heavy (non-hydrogen) atoms. The number of ether oxygens (including phenoxy) is 1. The molecule has 0 spiro atoms. The minimum Gasteiger partial charge on any atom is -0.416 e. The van der Waals surface area contributed by atoms with Crippen molar-refractivity contribution in [3.63, 3.8) is 0 Å². The summed E-state index contributed by atoms with van der Waals surface area (Å²) in [5, 5.41) is 6.51. The van der Waals surface area contributed by atoms with Crippen LogP contribution in [0.4, 0.5) is 0 Å². The molecular weight excluding hydrogens is 416 g/mol. The van der Waals surface area contributed by atoms with E-state index in [2.05, 4.69) is 71.5 Å². The first-order valence-electron chi connectivity index (χ1n) is 10.2. The third-order valence-electron chi connectivity index (χ3n) is 5.56. The maximum Gasteiger partial charge on any atom is 0.191 e. The molecule has 0 bridgehead atoms. The Balaban J connectivity index is 2.00. The number of methoxy groups -OCH3 is 1. The Morgan fingerprint density at radius 1 is 1.10 bits per heavy atom. The van der Waals surface area contributed by atoms with E-state index in [0.29, 0.717) is 12.5 Å². The molecule has 2 aromatic heterocycles. The molecule has 0 fully saturated rings. The zero-order valence-electron chi connectivity index (χ0n) is 19.3. The molecule has 0 radical (unpaired) electrons. The first-order valence-corrected chi connectivity index (χ1v) is 14.9. The monoisotopic (exact) mass is 452 g/mol. The van der Waals surface area contributed by atoms with Crippen molar-refractivity contribution < 1.29 is 9.16 Å². The highest BCUT2D eigenvalue weighted by Crippen LogP contribution is 2.37. The van der Waals surface area contributed by atoms with Crippen LogP contribution in [0.15, 0.2) is 16.8 Å². The summed E-state index contributed by atoms with van der Waals surface area (Å²) in [7, 11) is 0.00713. The summed E-state index contributed by atoms with van der Waals surface area (Å²) in [6, 6.07) is 0. The molecule has 2 aromatic rings.